The maximum absolute atomic E-state index is 13.6. The third-order valence-electron chi connectivity index (χ3n) is 19.9. The predicted octanol–water partition coefficient (Wildman–Crippen LogP) is 10.9. The summed E-state index contributed by atoms with van der Waals surface area (Å²) in [5.74, 6) is 15.9. The first-order valence-corrected chi connectivity index (χ1v) is 47.2. The van der Waals surface area contributed by atoms with Crippen LogP contribution in [0.5, 0.6) is 0 Å². The number of anilines is 3. The molecule has 756 valence electrons. The second-order valence-corrected chi connectivity index (χ2v) is 38.0. The predicted molar refractivity (Wildman–Crippen MR) is 520 cm³/mol. The molecule has 0 spiro atoms. The van der Waals surface area contributed by atoms with E-state index in [1.54, 1.807) is 109 Å². The molecule has 0 saturated heterocycles. The molecule has 45 heteroatoms. The molecule has 10 N–H and O–H groups in total. The molecule has 0 saturated carbocycles. The van der Waals surface area contributed by atoms with E-state index in [9.17, 15) is 38.4 Å². The van der Waals surface area contributed by atoms with E-state index in [-0.39, 0.29) is 29.6 Å². The van der Waals surface area contributed by atoms with Crippen LogP contribution in [0.4, 0.5) is 27.0 Å². The fourth-order valence-electron chi connectivity index (χ4n) is 13.6. The number of hydrazine groups is 2. The number of nitrogens with one attached hydrogen (secondary N) is 7. The molecule has 138 heavy (non-hydrogen) atoms. The lowest BCUT2D eigenvalue weighted by Gasteiger charge is -2.31. The number of aliphatic carboxylic acids is 1. The number of aryl methyl sites for hydroxylation is 2. The summed E-state index contributed by atoms with van der Waals surface area (Å²) < 4.78 is 25.2. The smallest absolute Gasteiger partial charge is 0.408 e. The highest BCUT2D eigenvalue weighted by Gasteiger charge is 2.34. The number of carboxylic acids is 1. The molecule has 3 aliphatic rings. The number of imidazole rings is 1. The van der Waals surface area contributed by atoms with Crippen LogP contribution in [0.3, 0.4) is 0 Å². The summed E-state index contributed by atoms with van der Waals surface area (Å²) in [5.41, 5.74) is 9.29. The molecule has 0 radical (unpaired) electrons. The molecule has 45 nitrogen and oxygen atoms in total. The number of rotatable bonds is 29. The number of esters is 2. The Morgan fingerprint density at radius 1 is 0.500 bits per heavy atom. The Morgan fingerprint density at radius 2 is 0.964 bits per heavy atom. The van der Waals surface area contributed by atoms with Gasteiger partial charge in [0, 0.05) is 140 Å². The number of aromatic nitrogens is 23. The van der Waals surface area contributed by atoms with Crippen LogP contribution in [-0.4, -0.2) is 225 Å². The van der Waals surface area contributed by atoms with Crippen molar-refractivity contribution in [1.29, 1.82) is 0 Å². The Kier molecular flexibility index (Phi) is 46.3. The van der Waals surface area contributed by atoms with E-state index >= 15 is 0 Å². The van der Waals surface area contributed by atoms with Crippen molar-refractivity contribution in [2.45, 2.75) is 312 Å². The van der Waals surface area contributed by atoms with Crippen molar-refractivity contribution in [2.24, 2.45) is 47.3 Å². The summed E-state index contributed by atoms with van der Waals surface area (Å²) in [6, 6.07) is -1.94. The number of nitrogen functional groups attached to an aromatic ring is 1. The van der Waals surface area contributed by atoms with Crippen molar-refractivity contribution in [3.8, 4) is 11.4 Å². The fourth-order valence-corrected chi connectivity index (χ4v) is 13.6. The summed E-state index contributed by atoms with van der Waals surface area (Å²) >= 11 is 0. The highest BCUT2D eigenvalue weighted by molar-refractivity contribution is 5.91. The molecule has 10 aromatic heterocycles. The van der Waals surface area contributed by atoms with Crippen LogP contribution in [0.1, 0.15) is 251 Å². The van der Waals surface area contributed by atoms with Crippen LogP contribution in [0.15, 0.2) is 74.5 Å². The van der Waals surface area contributed by atoms with Crippen molar-refractivity contribution < 1.29 is 57.7 Å². The van der Waals surface area contributed by atoms with Crippen LogP contribution in [0, 0.1) is 48.3 Å². The second-order valence-electron chi connectivity index (χ2n) is 38.0. The Labute approximate surface area is 808 Å². The molecule has 13 heterocycles. The highest BCUT2D eigenvalue weighted by atomic mass is 16.6. The monoisotopic (exact) mass is 1920 g/mol. The van der Waals surface area contributed by atoms with E-state index in [1.165, 1.54) is 12.5 Å². The lowest BCUT2D eigenvalue weighted by Crippen LogP contribution is -2.51. The zero-order valence-electron chi connectivity index (χ0n) is 85.0. The third-order valence-corrected chi connectivity index (χ3v) is 19.9. The average Bonchev–Trinajstić information content (AvgIpc) is 1.61. The van der Waals surface area contributed by atoms with Crippen molar-refractivity contribution in [1.82, 2.24) is 144 Å². The van der Waals surface area contributed by atoms with Crippen LogP contribution in [-0.2, 0) is 114 Å². The average molecular weight is 1920 g/mol. The van der Waals surface area contributed by atoms with Gasteiger partial charge in [0.25, 0.3) is 0 Å². The summed E-state index contributed by atoms with van der Waals surface area (Å²) in [7, 11) is 0. The number of fused-ring (bicyclic) bond motifs is 5. The normalized spacial score (nSPS) is 13.2. The van der Waals surface area contributed by atoms with Crippen LogP contribution >= 0.6 is 0 Å². The van der Waals surface area contributed by atoms with E-state index in [1.807, 2.05) is 89.3 Å². The first kappa shape index (κ1) is 113. The number of amides is 5. The molecule has 3 unspecified atom stereocenters. The van der Waals surface area contributed by atoms with Crippen molar-refractivity contribution in [2.75, 3.05) is 35.8 Å². The summed E-state index contributed by atoms with van der Waals surface area (Å²) in [5, 5.41) is 54.0. The number of nitrogens with zero attached hydrogens (tertiary/aromatic N) is 25. The van der Waals surface area contributed by atoms with Gasteiger partial charge >= 0.3 is 30.1 Å². The molecule has 13 rings (SSSR count). The minimum absolute atomic E-state index is 0.0102. The minimum Gasteiger partial charge on any atom is -0.480 e. The number of nitrogens with two attached hydrogens (primary N) is 1. The van der Waals surface area contributed by atoms with Gasteiger partial charge in [-0.15, -0.1) is 40.8 Å². The topological polar surface area (TPSA) is 557 Å². The van der Waals surface area contributed by atoms with Gasteiger partial charge in [0.1, 0.15) is 76.4 Å². The number of carbonyl (C=O) groups excluding carboxylic acids is 7. The van der Waals surface area contributed by atoms with Gasteiger partial charge in [0.05, 0.1) is 43.8 Å². The maximum Gasteiger partial charge on any atom is 0.408 e. The molecule has 3 atom stereocenters. The van der Waals surface area contributed by atoms with Crippen LogP contribution in [0.2, 0.25) is 0 Å². The van der Waals surface area contributed by atoms with Gasteiger partial charge < -0.3 is 74.1 Å². The molecule has 0 fully saturated rings. The van der Waals surface area contributed by atoms with Gasteiger partial charge in [0.2, 0.25) is 17.7 Å². The van der Waals surface area contributed by atoms with Crippen LogP contribution in [0.25, 0.3) is 28.2 Å². The van der Waals surface area contributed by atoms with Gasteiger partial charge in [-0.3, -0.25) is 54.2 Å². The lowest BCUT2D eigenvalue weighted by molar-refractivity contribution is -0.160. The Morgan fingerprint density at radius 3 is 1.41 bits per heavy atom. The van der Waals surface area contributed by atoms with Gasteiger partial charge in [-0.1, -0.05) is 118 Å². The third kappa shape index (κ3) is 39.0. The quantitative estimate of drug-likeness (QED) is 0.00691. The van der Waals surface area contributed by atoms with E-state index < -0.39 is 59.4 Å². The molecule has 3 aliphatic heterocycles. The van der Waals surface area contributed by atoms with E-state index in [4.69, 9.17) is 25.4 Å². The van der Waals surface area contributed by atoms with E-state index in [0.29, 0.717) is 154 Å². The van der Waals surface area contributed by atoms with E-state index in [2.05, 4.69) is 197 Å². The summed E-state index contributed by atoms with van der Waals surface area (Å²) in [6.07, 6.45) is 24.7. The summed E-state index contributed by atoms with van der Waals surface area (Å²) in [4.78, 5) is 139. The number of carbonyl (C=O) groups is 8. The number of hydrogen-bond donors (Lipinski definition) is 9. The van der Waals surface area contributed by atoms with E-state index in [0.717, 1.165) is 97.3 Å². The maximum atomic E-state index is 13.6. The van der Waals surface area contributed by atoms with Gasteiger partial charge in [0.15, 0.2) is 45.9 Å². The fraction of sp³-hybridized carbons (Fsp3) is 0.613. The van der Waals surface area contributed by atoms with Crippen molar-refractivity contribution in [3.05, 3.63) is 121 Å². The molecular weight excluding hydrogens is 1770 g/mol. The van der Waals surface area contributed by atoms with Crippen LogP contribution < -0.4 is 43.4 Å². The molecule has 5 amide bonds. The largest absolute Gasteiger partial charge is 0.480 e. The molecule has 0 aliphatic carbocycles. The number of alkyl carbamates (subject to hydrolysis) is 2. The standard InChI is InChI=1S/C25H33N11O.C18H31N5O3.C10H18O3.C9H14N4O.C9H16N4.C9H12N4.C9H17NO4.C4H6N4/c1-6-18(25(37)34-8-9-36-19(10-15(3)4)32-33-20(36)13-34)30-22-21-24(29-14-28-22)35(7-2)23(31-21)17-11-26-16(5)27-12-17;1-7-13(19-17(25)26-18(4,5)6)16(24)22-8-9-23-14(10-12(2)3)20-21-15(23)11-22;1-7(2)5-9(11)13-10(12)6-8(3)4;1-7(2)5-9(14)13-12-8-6-10-3-4-11-8;2*1-7(2)5-8-11-12-9-6-10-3-4-13(8)9;1-5-6(7(11)12)10-8(13)14-9(2,3)4;5-8-4-3-6-1-2-7-4/h11-12,14-15,18H,6-10,13H2,1-5H3,(H,28,29,30);12-13H,7-11H2,1-6H3,(H,19,25);7-8H,5-6H2,1-4H3;3-4,6-7H,5H2,1-2H3,(H,11,12)(H,13,14);7,10H,3-6H2,1-2H3;3-4,6-7H,5H2,1-2H3;6H,5H2,1-4H3,(H,10,13)(H,11,12);1-3H,5H2,(H,7,8). The zero-order chi connectivity index (χ0) is 102. The molecular formula is C93H147N33O12. The Bertz CT molecular complexity index is 5390. The Hall–Kier alpha value is -13.4. The number of carboxylic acid groups (broad SMARTS) is 1. The number of hydrogen-bond acceptors (Lipinski definition) is 34. The first-order chi connectivity index (χ1) is 65.3. The second kappa shape index (κ2) is 56.4. The highest BCUT2D eigenvalue weighted by Crippen LogP contribution is 2.29. The van der Waals surface area contributed by atoms with Gasteiger partial charge in [-0.25, -0.2) is 55.1 Å². The Balaban J connectivity index is 0.000000255. The first-order valence-electron chi connectivity index (χ1n) is 47.2. The van der Waals surface area contributed by atoms with Crippen molar-refractivity contribution >= 4 is 82.1 Å². The van der Waals surface area contributed by atoms with Gasteiger partial charge in [-0.2, -0.15) is 0 Å². The van der Waals surface area contributed by atoms with Crippen molar-refractivity contribution in [3.63, 3.8) is 0 Å². The number of ether oxygens (including phenoxy) is 3. The summed E-state index contributed by atoms with van der Waals surface area (Å²) in [6.45, 7) is 56.0. The molecule has 10 aromatic rings. The lowest BCUT2D eigenvalue weighted by atomic mass is 10.1. The molecule has 0 aromatic carbocycles. The van der Waals surface area contributed by atoms with Gasteiger partial charge in [-0.05, 0) is 116 Å². The molecule has 0 bridgehead atoms. The zero-order valence-corrected chi connectivity index (χ0v) is 85.0. The minimum atomic E-state index is -1.06. The SMILES string of the molecule is CC(C)CC(=O)NNc1cnccn1.CC(C)CC(=O)OC(=O)CC(C)C.CC(C)Cc1nnc2cnccn12.CC(C)Cc1nnc2n1CCNC2.CCC(NC(=O)OC(C)(C)C)C(=O)N1CCn2c(CC(C)C)nnc2C1.CCC(NC(=O)OC(C)(C)C)C(=O)O.CCC(Nc1ncnc2c1nc(-c1cnc(C)nc1)n2CC)C(=O)N1CCn2c(CC(C)C)nnc2C1.NNc1cnccn1.